The van der Waals surface area contributed by atoms with E-state index in [-0.39, 0.29) is 0 Å². The minimum Gasteiger partial charge on any atom is -0.456 e. The highest BCUT2D eigenvalue weighted by Gasteiger charge is 2.18. The molecule has 0 radical (unpaired) electrons. The van der Waals surface area contributed by atoms with E-state index in [1.165, 1.54) is 54.9 Å². The first-order valence-electron chi connectivity index (χ1n) is 17.7. The van der Waals surface area contributed by atoms with Gasteiger partial charge in [-0.25, -0.2) is 0 Å². The third-order valence-corrected chi connectivity index (χ3v) is 10.7. The standard InChI is InChI=1S/C50H30O2/c1-2-11-31(12-3-1)32-13-8-14-35(27-32)50-40-19-9-17-36(33-23-25-48-44(28-33)38-15-4-6-21-46(38)51-48)42(40)30-43-37(18-10-20-41(43)50)34-24-26-49-45(29-34)39-16-5-7-22-47(39)52-49/h1-30H. The molecule has 0 unspecified atom stereocenters. The monoisotopic (exact) mass is 662 g/mol. The fourth-order valence-corrected chi connectivity index (χ4v) is 8.25. The molecule has 0 fully saturated rings. The molecule has 2 heteroatoms. The molecule has 0 aliphatic rings. The Morgan fingerprint density at radius 3 is 1.29 bits per heavy atom. The average Bonchev–Trinajstić information content (AvgIpc) is 3.77. The van der Waals surface area contributed by atoms with E-state index in [4.69, 9.17) is 8.83 Å². The van der Waals surface area contributed by atoms with E-state index in [0.29, 0.717) is 0 Å². The van der Waals surface area contributed by atoms with Crippen LogP contribution in [0.2, 0.25) is 0 Å². The lowest BCUT2D eigenvalue weighted by Crippen LogP contribution is -1.91. The summed E-state index contributed by atoms with van der Waals surface area (Å²) in [5.41, 5.74) is 13.2. The van der Waals surface area contributed by atoms with Crippen LogP contribution in [0.25, 0.3) is 110 Å². The van der Waals surface area contributed by atoms with Crippen molar-refractivity contribution in [2.24, 2.45) is 0 Å². The summed E-state index contributed by atoms with van der Waals surface area (Å²) in [6, 6.07) is 65.3. The molecule has 2 heterocycles. The molecule has 0 atom stereocenters. The molecule has 0 amide bonds. The molecule has 0 aliphatic heterocycles. The molecule has 0 saturated carbocycles. The highest BCUT2D eigenvalue weighted by molar-refractivity contribution is 6.20. The lowest BCUT2D eigenvalue weighted by Gasteiger charge is -2.18. The second-order valence-electron chi connectivity index (χ2n) is 13.6. The lowest BCUT2D eigenvalue weighted by molar-refractivity contribution is 0.668. The first-order valence-corrected chi connectivity index (χ1v) is 17.7. The van der Waals surface area contributed by atoms with Gasteiger partial charge in [0, 0.05) is 21.5 Å². The Balaban J connectivity index is 1.22. The van der Waals surface area contributed by atoms with Crippen molar-refractivity contribution < 1.29 is 8.83 Å². The quantitative estimate of drug-likeness (QED) is 0.175. The molecule has 9 aromatic carbocycles. The van der Waals surface area contributed by atoms with Gasteiger partial charge in [-0.1, -0.05) is 133 Å². The van der Waals surface area contributed by atoms with Crippen LogP contribution in [0.15, 0.2) is 191 Å². The number of furan rings is 2. The van der Waals surface area contributed by atoms with Gasteiger partial charge in [-0.2, -0.15) is 0 Å². The fourth-order valence-electron chi connectivity index (χ4n) is 8.25. The largest absolute Gasteiger partial charge is 0.456 e. The van der Waals surface area contributed by atoms with Crippen molar-refractivity contribution in [3.63, 3.8) is 0 Å². The number of benzene rings is 9. The van der Waals surface area contributed by atoms with Crippen molar-refractivity contribution in [3.8, 4) is 44.5 Å². The summed E-state index contributed by atoms with van der Waals surface area (Å²) in [5.74, 6) is 0. The van der Waals surface area contributed by atoms with Gasteiger partial charge in [0.2, 0.25) is 0 Å². The summed E-state index contributed by atoms with van der Waals surface area (Å²) in [7, 11) is 0. The topological polar surface area (TPSA) is 26.3 Å². The Hall–Kier alpha value is -6.90. The minimum absolute atomic E-state index is 0.901. The number of para-hydroxylation sites is 2. The summed E-state index contributed by atoms with van der Waals surface area (Å²) in [4.78, 5) is 0. The minimum atomic E-state index is 0.901. The maximum Gasteiger partial charge on any atom is 0.135 e. The molecule has 2 aromatic heterocycles. The number of hydrogen-bond donors (Lipinski definition) is 0. The molecule has 0 aliphatic carbocycles. The molecular weight excluding hydrogens is 633 g/mol. The van der Waals surface area contributed by atoms with Crippen LogP contribution < -0.4 is 0 Å². The third kappa shape index (κ3) is 4.44. The Morgan fingerprint density at radius 2 is 0.692 bits per heavy atom. The zero-order valence-corrected chi connectivity index (χ0v) is 28.1. The molecule has 0 bridgehead atoms. The van der Waals surface area contributed by atoms with Gasteiger partial charge in [0.15, 0.2) is 0 Å². The maximum absolute atomic E-state index is 6.22. The van der Waals surface area contributed by atoms with E-state index in [9.17, 15) is 0 Å². The zero-order chi connectivity index (χ0) is 34.2. The molecule has 0 spiro atoms. The Bertz CT molecular complexity index is 3010. The van der Waals surface area contributed by atoms with Gasteiger partial charge in [-0.3, -0.25) is 0 Å². The van der Waals surface area contributed by atoms with Gasteiger partial charge in [-0.05, 0) is 115 Å². The van der Waals surface area contributed by atoms with Crippen LogP contribution in [0.1, 0.15) is 0 Å². The van der Waals surface area contributed by atoms with Crippen LogP contribution in [0.4, 0.5) is 0 Å². The van der Waals surface area contributed by atoms with Gasteiger partial charge in [0.1, 0.15) is 22.3 Å². The maximum atomic E-state index is 6.22. The first-order chi connectivity index (χ1) is 25.8. The fraction of sp³-hybridized carbons (Fsp3) is 0. The van der Waals surface area contributed by atoms with Crippen LogP contribution in [0, 0.1) is 0 Å². The van der Waals surface area contributed by atoms with Gasteiger partial charge in [-0.15, -0.1) is 0 Å². The van der Waals surface area contributed by atoms with Crippen molar-refractivity contribution >= 4 is 65.4 Å². The predicted molar refractivity (Wildman–Crippen MR) is 218 cm³/mol. The van der Waals surface area contributed by atoms with Crippen LogP contribution >= 0.6 is 0 Å². The normalized spacial score (nSPS) is 11.8. The van der Waals surface area contributed by atoms with E-state index >= 15 is 0 Å². The highest BCUT2D eigenvalue weighted by Crippen LogP contribution is 2.45. The van der Waals surface area contributed by atoms with Crippen molar-refractivity contribution in [3.05, 3.63) is 182 Å². The molecule has 52 heavy (non-hydrogen) atoms. The van der Waals surface area contributed by atoms with Gasteiger partial charge < -0.3 is 8.83 Å². The van der Waals surface area contributed by atoms with Crippen LogP contribution in [0.3, 0.4) is 0 Å². The lowest BCUT2D eigenvalue weighted by atomic mass is 9.85. The highest BCUT2D eigenvalue weighted by atomic mass is 16.3. The van der Waals surface area contributed by atoms with E-state index in [1.807, 2.05) is 24.3 Å². The number of rotatable bonds is 4. The summed E-state index contributed by atoms with van der Waals surface area (Å²) < 4.78 is 12.4. The number of fused-ring (bicyclic) bond motifs is 8. The third-order valence-electron chi connectivity index (χ3n) is 10.7. The van der Waals surface area contributed by atoms with Crippen LogP contribution in [-0.4, -0.2) is 0 Å². The summed E-state index contributed by atoms with van der Waals surface area (Å²) in [6.07, 6.45) is 0. The van der Waals surface area contributed by atoms with Crippen LogP contribution in [0.5, 0.6) is 0 Å². The summed E-state index contributed by atoms with van der Waals surface area (Å²) >= 11 is 0. The Kier molecular flexibility index (Phi) is 6.28. The van der Waals surface area contributed by atoms with Crippen molar-refractivity contribution in [1.29, 1.82) is 0 Å². The number of hydrogen-bond acceptors (Lipinski definition) is 2. The second-order valence-corrected chi connectivity index (χ2v) is 13.6. The Labute approximate surface area is 299 Å². The Morgan fingerprint density at radius 1 is 0.231 bits per heavy atom. The molecule has 11 rings (SSSR count). The molecule has 2 nitrogen and oxygen atoms in total. The molecule has 11 aromatic rings. The van der Waals surface area contributed by atoms with E-state index in [2.05, 4.69) is 158 Å². The van der Waals surface area contributed by atoms with Crippen molar-refractivity contribution in [1.82, 2.24) is 0 Å². The molecular formula is C50H30O2. The zero-order valence-electron chi connectivity index (χ0n) is 28.1. The summed E-state index contributed by atoms with van der Waals surface area (Å²) in [5, 5.41) is 9.39. The van der Waals surface area contributed by atoms with Crippen molar-refractivity contribution in [2.45, 2.75) is 0 Å². The van der Waals surface area contributed by atoms with Crippen LogP contribution in [-0.2, 0) is 0 Å². The van der Waals surface area contributed by atoms with Gasteiger partial charge >= 0.3 is 0 Å². The second kappa shape index (κ2) is 11.3. The van der Waals surface area contributed by atoms with E-state index in [0.717, 1.165) is 55.0 Å². The molecule has 242 valence electrons. The van der Waals surface area contributed by atoms with E-state index in [1.54, 1.807) is 0 Å². The SMILES string of the molecule is c1ccc(-c2cccc(-c3c4cccc(-c5ccc6oc7ccccc7c6c5)c4cc4c(-c5ccc6oc7ccccc7c6c5)cccc34)c2)cc1. The average molecular weight is 663 g/mol. The first kappa shape index (κ1) is 28.9. The van der Waals surface area contributed by atoms with Crippen molar-refractivity contribution in [2.75, 3.05) is 0 Å². The summed E-state index contributed by atoms with van der Waals surface area (Å²) in [6.45, 7) is 0. The van der Waals surface area contributed by atoms with Gasteiger partial charge in [0.05, 0.1) is 0 Å². The van der Waals surface area contributed by atoms with Gasteiger partial charge in [0.25, 0.3) is 0 Å². The molecule has 0 saturated heterocycles. The molecule has 0 N–H and O–H groups in total. The smallest absolute Gasteiger partial charge is 0.135 e. The predicted octanol–water partition coefficient (Wildman–Crippen LogP) is 14.5. The van der Waals surface area contributed by atoms with E-state index < -0.39 is 0 Å².